The minimum atomic E-state index is 0.578. The van der Waals surface area contributed by atoms with Crippen LogP contribution in [0.2, 0.25) is 0 Å². The van der Waals surface area contributed by atoms with Crippen molar-refractivity contribution in [3.63, 3.8) is 0 Å². The summed E-state index contributed by atoms with van der Waals surface area (Å²) in [7, 11) is 1.73. The van der Waals surface area contributed by atoms with E-state index in [1.807, 2.05) is 6.07 Å². The standard InChI is InChI=1S/C17H29NO/c1-5-11-18-16(10-9-14(2)3)12-15-7-6-8-17(13-15)19-4/h6-8,13-14,16,18H,5,9-12H2,1-4H3. The summed E-state index contributed by atoms with van der Waals surface area (Å²) < 4.78 is 5.30. The summed E-state index contributed by atoms with van der Waals surface area (Å²) in [5.74, 6) is 1.73. The Morgan fingerprint density at radius 3 is 2.63 bits per heavy atom. The molecule has 0 spiro atoms. The fourth-order valence-corrected chi connectivity index (χ4v) is 2.24. The molecule has 0 aliphatic heterocycles. The lowest BCUT2D eigenvalue weighted by Crippen LogP contribution is -2.32. The maximum absolute atomic E-state index is 5.30. The molecule has 1 aromatic rings. The van der Waals surface area contributed by atoms with Gasteiger partial charge in [-0.1, -0.05) is 32.9 Å². The monoisotopic (exact) mass is 263 g/mol. The van der Waals surface area contributed by atoms with Gasteiger partial charge < -0.3 is 10.1 Å². The summed E-state index contributed by atoms with van der Waals surface area (Å²) in [6.45, 7) is 7.91. The molecule has 1 unspecified atom stereocenters. The fraction of sp³-hybridized carbons (Fsp3) is 0.647. The summed E-state index contributed by atoms with van der Waals surface area (Å²) in [5, 5.41) is 3.67. The topological polar surface area (TPSA) is 21.3 Å². The lowest BCUT2D eigenvalue weighted by atomic mass is 9.97. The second-order valence-corrected chi connectivity index (χ2v) is 5.68. The van der Waals surface area contributed by atoms with Crippen LogP contribution in [0, 0.1) is 5.92 Å². The molecule has 0 bridgehead atoms. The third-order valence-corrected chi connectivity index (χ3v) is 3.39. The molecule has 1 N–H and O–H groups in total. The van der Waals surface area contributed by atoms with E-state index in [-0.39, 0.29) is 0 Å². The van der Waals surface area contributed by atoms with Crippen LogP contribution < -0.4 is 10.1 Å². The first-order valence-corrected chi connectivity index (χ1v) is 7.52. The third kappa shape index (κ3) is 6.63. The average Bonchev–Trinajstić information content (AvgIpc) is 2.42. The van der Waals surface area contributed by atoms with Crippen LogP contribution >= 0.6 is 0 Å². The Morgan fingerprint density at radius 2 is 2.00 bits per heavy atom. The van der Waals surface area contributed by atoms with Crippen molar-refractivity contribution >= 4 is 0 Å². The second kappa shape index (κ2) is 8.98. The lowest BCUT2D eigenvalue weighted by molar-refractivity contribution is 0.411. The molecule has 0 saturated carbocycles. The first kappa shape index (κ1) is 16.0. The number of nitrogens with one attached hydrogen (secondary N) is 1. The molecule has 108 valence electrons. The van der Waals surface area contributed by atoms with Crippen molar-refractivity contribution in [1.29, 1.82) is 0 Å². The Labute approximate surface area is 118 Å². The maximum atomic E-state index is 5.30. The summed E-state index contributed by atoms with van der Waals surface area (Å²) in [4.78, 5) is 0. The van der Waals surface area contributed by atoms with E-state index in [4.69, 9.17) is 4.74 Å². The number of hydrogen-bond donors (Lipinski definition) is 1. The molecule has 0 saturated heterocycles. The van der Waals surface area contributed by atoms with E-state index in [0.29, 0.717) is 6.04 Å². The molecule has 1 aromatic carbocycles. The third-order valence-electron chi connectivity index (χ3n) is 3.39. The van der Waals surface area contributed by atoms with Crippen LogP contribution in [0.15, 0.2) is 24.3 Å². The summed E-state index contributed by atoms with van der Waals surface area (Å²) >= 11 is 0. The Bertz CT molecular complexity index is 349. The Balaban J connectivity index is 2.58. The van der Waals surface area contributed by atoms with E-state index in [9.17, 15) is 0 Å². The number of hydrogen-bond acceptors (Lipinski definition) is 2. The zero-order valence-corrected chi connectivity index (χ0v) is 12.9. The van der Waals surface area contributed by atoms with Gasteiger partial charge in [0.2, 0.25) is 0 Å². The van der Waals surface area contributed by atoms with Gasteiger partial charge in [0, 0.05) is 6.04 Å². The van der Waals surface area contributed by atoms with Gasteiger partial charge in [-0.25, -0.2) is 0 Å². The zero-order chi connectivity index (χ0) is 14.1. The van der Waals surface area contributed by atoms with Gasteiger partial charge in [-0.05, 0) is 55.8 Å². The molecule has 1 atom stereocenters. The van der Waals surface area contributed by atoms with Crippen LogP contribution in [0.3, 0.4) is 0 Å². The predicted molar refractivity (Wildman–Crippen MR) is 82.9 cm³/mol. The predicted octanol–water partition coefficient (Wildman–Crippen LogP) is 4.04. The van der Waals surface area contributed by atoms with Crippen LogP contribution in [-0.2, 0) is 6.42 Å². The molecule has 2 nitrogen and oxygen atoms in total. The summed E-state index contributed by atoms with van der Waals surface area (Å²) in [5.41, 5.74) is 1.36. The first-order chi connectivity index (χ1) is 9.15. The van der Waals surface area contributed by atoms with E-state index in [2.05, 4.69) is 44.3 Å². The number of ether oxygens (including phenoxy) is 1. The fourth-order valence-electron chi connectivity index (χ4n) is 2.24. The van der Waals surface area contributed by atoms with Crippen molar-refractivity contribution < 1.29 is 4.74 Å². The minimum Gasteiger partial charge on any atom is -0.497 e. The molecule has 19 heavy (non-hydrogen) atoms. The van der Waals surface area contributed by atoms with Gasteiger partial charge in [0.25, 0.3) is 0 Å². The van der Waals surface area contributed by atoms with E-state index in [0.717, 1.165) is 24.6 Å². The van der Waals surface area contributed by atoms with Gasteiger partial charge in [-0.2, -0.15) is 0 Å². The van der Waals surface area contributed by atoms with Crippen molar-refractivity contribution in [2.24, 2.45) is 5.92 Å². The molecule has 0 heterocycles. The zero-order valence-electron chi connectivity index (χ0n) is 12.9. The molecule has 0 aliphatic rings. The number of rotatable bonds is 9. The SMILES string of the molecule is CCCNC(CCC(C)C)Cc1cccc(OC)c1. The molecular weight excluding hydrogens is 234 g/mol. The van der Waals surface area contributed by atoms with Crippen LogP contribution in [-0.4, -0.2) is 19.7 Å². The Kier molecular flexibility index (Phi) is 7.57. The average molecular weight is 263 g/mol. The van der Waals surface area contributed by atoms with Gasteiger partial charge >= 0.3 is 0 Å². The van der Waals surface area contributed by atoms with Gasteiger partial charge in [0.05, 0.1) is 7.11 Å². The molecule has 0 aromatic heterocycles. The van der Waals surface area contributed by atoms with Crippen molar-refractivity contribution in [1.82, 2.24) is 5.32 Å². The Morgan fingerprint density at radius 1 is 1.21 bits per heavy atom. The summed E-state index contributed by atoms with van der Waals surface area (Å²) in [6.07, 6.45) is 4.81. The van der Waals surface area contributed by atoms with Crippen molar-refractivity contribution in [3.8, 4) is 5.75 Å². The minimum absolute atomic E-state index is 0.578. The van der Waals surface area contributed by atoms with Gasteiger partial charge in [-0.3, -0.25) is 0 Å². The lowest BCUT2D eigenvalue weighted by Gasteiger charge is -2.20. The first-order valence-electron chi connectivity index (χ1n) is 7.52. The van der Waals surface area contributed by atoms with E-state index in [1.165, 1.54) is 24.8 Å². The highest BCUT2D eigenvalue weighted by molar-refractivity contribution is 5.28. The van der Waals surface area contributed by atoms with E-state index in [1.54, 1.807) is 7.11 Å². The quantitative estimate of drug-likeness (QED) is 0.726. The number of benzene rings is 1. The highest BCUT2D eigenvalue weighted by Crippen LogP contribution is 2.16. The van der Waals surface area contributed by atoms with Crippen LogP contribution in [0.25, 0.3) is 0 Å². The summed E-state index contributed by atoms with van der Waals surface area (Å²) in [6, 6.07) is 9.00. The highest BCUT2D eigenvalue weighted by atomic mass is 16.5. The molecule has 0 aliphatic carbocycles. The van der Waals surface area contributed by atoms with E-state index < -0.39 is 0 Å². The molecule has 0 radical (unpaired) electrons. The largest absolute Gasteiger partial charge is 0.497 e. The van der Waals surface area contributed by atoms with Crippen LogP contribution in [0.4, 0.5) is 0 Å². The Hall–Kier alpha value is -1.02. The molecule has 0 fully saturated rings. The highest BCUT2D eigenvalue weighted by Gasteiger charge is 2.10. The van der Waals surface area contributed by atoms with Crippen LogP contribution in [0.5, 0.6) is 5.75 Å². The smallest absolute Gasteiger partial charge is 0.119 e. The van der Waals surface area contributed by atoms with Gasteiger partial charge in [0.1, 0.15) is 5.75 Å². The van der Waals surface area contributed by atoms with Crippen molar-refractivity contribution in [2.45, 2.75) is 52.5 Å². The van der Waals surface area contributed by atoms with Crippen molar-refractivity contribution in [3.05, 3.63) is 29.8 Å². The van der Waals surface area contributed by atoms with Crippen LogP contribution in [0.1, 0.15) is 45.6 Å². The molecule has 1 rings (SSSR count). The van der Waals surface area contributed by atoms with Crippen molar-refractivity contribution in [2.75, 3.05) is 13.7 Å². The second-order valence-electron chi connectivity index (χ2n) is 5.68. The normalized spacial score (nSPS) is 12.7. The van der Waals surface area contributed by atoms with Gasteiger partial charge in [-0.15, -0.1) is 0 Å². The molecule has 0 amide bonds. The number of methoxy groups -OCH3 is 1. The molecular formula is C17H29NO. The molecule has 2 heteroatoms. The van der Waals surface area contributed by atoms with Gasteiger partial charge in [0.15, 0.2) is 0 Å². The maximum Gasteiger partial charge on any atom is 0.119 e. The van der Waals surface area contributed by atoms with E-state index >= 15 is 0 Å².